The second-order valence-electron chi connectivity index (χ2n) is 6.85. The molecule has 1 aromatic rings. The zero-order valence-electron chi connectivity index (χ0n) is 15.0. The molecule has 0 aliphatic carbocycles. The van der Waals surface area contributed by atoms with Crippen LogP contribution in [-0.4, -0.2) is 35.0 Å². The van der Waals surface area contributed by atoms with Crippen LogP contribution < -0.4 is 0 Å². The number of rotatable bonds is 5. The first kappa shape index (κ1) is 19.4. The predicted molar refractivity (Wildman–Crippen MR) is 102 cm³/mol. The van der Waals surface area contributed by atoms with Crippen molar-refractivity contribution in [1.29, 1.82) is 0 Å². The van der Waals surface area contributed by atoms with Gasteiger partial charge in [0, 0.05) is 12.7 Å². The van der Waals surface area contributed by atoms with Crippen LogP contribution in [0.3, 0.4) is 0 Å². The predicted octanol–water partition coefficient (Wildman–Crippen LogP) is 4.25. The molecule has 0 saturated carbocycles. The van der Waals surface area contributed by atoms with Crippen molar-refractivity contribution >= 4 is 47.2 Å². The minimum atomic E-state index is -0.526. The number of hydrogen-bond donors (Lipinski definition) is 0. The third kappa shape index (κ3) is 4.20. The topological polar surface area (TPSA) is 52.6 Å². The molecule has 24 heavy (non-hydrogen) atoms. The highest BCUT2D eigenvalue weighted by atomic mass is 32.2. The molecule has 2 rings (SSSR count). The van der Waals surface area contributed by atoms with Crippen LogP contribution >= 0.6 is 23.1 Å². The lowest BCUT2D eigenvalue weighted by Crippen LogP contribution is -2.41. The van der Waals surface area contributed by atoms with Crippen molar-refractivity contribution in [3.63, 3.8) is 0 Å². The van der Waals surface area contributed by atoms with Crippen LogP contribution in [0, 0.1) is 0 Å². The van der Waals surface area contributed by atoms with Gasteiger partial charge in [-0.25, -0.2) is 0 Å². The van der Waals surface area contributed by atoms with Gasteiger partial charge in [0.05, 0.1) is 16.1 Å². The summed E-state index contributed by atoms with van der Waals surface area (Å²) in [6.45, 7) is 11.1. The summed E-state index contributed by atoms with van der Waals surface area (Å²) in [7, 11) is -0.526. The fraction of sp³-hybridized carbons (Fsp3) is 0.529. The van der Waals surface area contributed by atoms with Crippen LogP contribution in [0.2, 0.25) is 0 Å². The maximum atomic E-state index is 11.8. The van der Waals surface area contributed by atoms with E-state index in [0.717, 1.165) is 11.0 Å². The standard InChI is InChI=1S/C17H23BO4S2/c1-11(19)15-13(7-8-23-15)9-14(10-24-12(2)20)18-21-16(3,4)17(5,6)22-18/h7-9H,10H2,1-6H3. The van der Waals surface area contributed by atoms with Crippen LogP contribution in [0.15, 0.2) is 16.9 Å². The van der Waals surface area contributed by atoms with Crippen LogP contribution in [-0.2, 0) is 14.1 Å². The zero-order chi connectivity index (χ0) is 18.1. The Morgan fingerprint density at radius 3 is 2.29 bits per heavy atom. The Morgan fingerprint density at radius 2 is 1.79 bits per heavy atom. The van der Waals surface area contributed by atoms with Crippen LogP contribution in [0.25, 0.3) is 6.08 Å². The molecule has 1 aliphatic heterocycles. The number of thioether (sulfide) groups is 1. The van der Waals surface area contributed by atoms with Gasteiger partial charge in [-0.3, -0.25) is 9.59 Å². The highest BCUT2D eigenvalue weighted by Crippen LogP contribution is 2.39. The fourth-order valence-electron chi connectivity index (χ4n) is 2.28. The molecule has 4 nitrogen and oxygen atoms in total. The van der Waals surface area contributed by atoms with E-state index in [1.54, 1.807) is 6.92 Å². The summed E-state index contributed by atoms with van der Waals surface area (Å²) in [5.41, 5.74) is 0.807. The summed E-state index contributed by atoms with van der Waals surface area (Å²) in [4.78, 5) is 23.9. The highest BCUT2D eigenvalue weighted by Gasteiger charge is 2.52. The molecule has 0 aromatic carbocycles. The summed E-state index contributed by atoms with van der Waals surface area (Å²) in [6.07, 6.45) is 1.92. The maximum absolute atomic E-state index is 11.8. The van der Waals surface area contributed by atoms with E-state index >= 15 is 0 Å². The Kier molecular flexibility index (Phi) is 5.80. The SMILES string of the molecule is CC(=O)SCC(=Cc1ccsc1C(C)=O)B1OC(C)(C)C(C)(C)O1. The quantitative estimate of drug-likeness (QED) is 0.576. The van der Waals surface area contributed by atoms with Gasteiger partial charge in [-0.1, -0.05) is 17.8 Å². The number of thiophene rings is 1. The first-order valence-corrected chi connectivity index (χ1v) is 9.68. The lowest BCUT2D eigenvalue weighted by atomic mass is 9.78. The molecule has 0 bridgehead atoms. The largest absolute Gasteiger partial charge is 0.491 e. The molecule has 0 spiro atoms. The van der Waals surface area contributed by atoms with Crippen molar-refractivity contribution in [3.05, 3.63) is 27.4 Å². The van der Waals surface area contributed by atoms with E-state index < -0.39 is 18.3 Å². The van der Waals surface area contributed by atoms with Crippen molar-refractivity contribution in [2.75, 3.05) is 5.75 Å². The van der Waals surface area contributed by atoms with Crippen molar-refractivity contribution in [2.24, 2.45) is 0 Å². The van der Waals surface area contributed by atoms with Gasteiger partial charge < -0.3 is 9.31 Å². The maximum Gasteiger partial charge on any atom is 0.491 e. The molecule has 1 aromatic heterocycles. The molecule has 1 fully saturated rings. The molecule has 7 heteroatoms. The molecule has 130 valence electrons. The van der Waals surface area contributed by atoms with E-state index in [0.29, 0.717) is 10.6 Å². The fourth-order valence-corrected chi connectivity index (χ4v) is 3.64. The molecule has 1 aliphatic rings. The lowest BCUT2D eigenvalue weighted by Gasteiger charge is -2.32. The molecule has 0 amide bonds. The number of Topliss-reactive ketones (excluding diaryl/α,β-unsaturated/α-hetero) is 1. The Balaban J connectivity index is 2.35. The second-order valence-corrected chi connectivity index (χ2v) is 8.92. The van der Waals surface area contributed by atoms with Gasteiger partial charge in [-0.05, 0) is 57.1 Å². The molecular formula is C17H23BO4S2. The molecule has 0 unspecified atom stereocenters. The number of carbonyl (C=O) groups is 2. The average Bonchev–Trinajstić information content (AvgIpc) is 2.97. The third-order valence-corrected chi connectivity index (χ3v) is 6.27. The monoisotopic (exact) mass is 366 g/mol. The minimum absolute atomic E-state index is 0.0312. The van der Waals surface area contributed by atoms with E-state index in [-0.39, 0.29) is 10.9 Å². The smallest absolute Gasteiger partial charge is 0.400 e. The van der Waals surface area contributed by atoms with Gasteiger partial charge in [0.25, 0.3) is 0 Å². The van der Waals surface area contributed by atoms with Crippen LogP contribution in [0.4, 0.5) is 0 Å². The van der Waals surface area contributed by atoms with E-state index in [2.05, 4.69) is 0 Å². The van der Waals surface area contributed by atoms with Crippen molar-refractivity contribution < 1.29 is 18.9 Å². The molecular weight excluding hydrogens is 343 g/mol. The summed E-state index contributed by atoms with van der Waals surface area (Å²) in [5, 5.41) is 1.93. The molecule has 0 N–H and O–H groups in total. The van der Waals surface area contributed by atoms with E-state index in [1.807, 2.05) is 45.2 Å². The number of hydrogen-bond acceptors (Lipinski definition) is 6. The Hall–Kier alpha value is -0.885. The molecule has 0 radical (unpaired) electrons. The lowest BCUT2D eigenvalue weighted by molar-refractivity contribution is -0.109. The molecule has 1 saturated heterocycles. The highest BCUT2D eigenvalue weighted by molar-refractivity contribution is 8.13. The van der Waals surface area contributed by atoms with Gasteiger partial charge in [-0.15, -0.1) is 11.3 Å². The molecule has 2 heterocycles. The zero-order valence-corrected chi connectivity index (χ0v) is 16.6. The van der Waals surface area contributed by atoms with Crippen molar-refractivity contribution in [2.45, 2.75) is 52.7 Å². The number of carbonyl (C=O) groups excluding carboxylic acids is 2. The summed E-state index contributed by atoms with van der Waals surface area (Å²) in [5.74, 6) is 0.503. The minimum Gasteiger partial charge on any atom is -0.400 e. The second kappa shape index (κ2) is 7.16. The summed E-state index contributed by atoms with van der Waals surface area (Å²) < 4.78 is 12.2. The van der Waals surface area contributed by atoms with Gasteiger partial charge in [0.2, 0.25) is 0 Å². The Bertz CT molecular complexity index is 660. The first-order chi connectivity index (χ1) is 11.0. The van der Waals surface area contributed by atoms with E-state index in [9.17, 15) is 9.59 Å². The normalized spacial score (nSPS) is 19.6. The Morgan fingerprint density at radius 1 is 1.21 bits per heavy atom. The van der Waals surface area contributed by atoms with Gasteiger partial charge >= 0.3 is 7.12 Å². The Labute approximate surface area is 152 Å². The van der Waals surface area contributed by atoms with Gasteiger partial charge in [-0.2, -0.15) is 0 Å². The molecule has 0 atom stereocenters. The summed E-state index contributed by atoms with van der Waals surface area (Å²) in [6, 6.07) is 1.91. The van der Waals surface area contributed by atoms with Gasteiger partial charge in [0.1, 0.15) is 0 Å². The van der Waals surface area contributed by atoms with Crippen molar-refractivity contribution in [1.82, 2.24) is 0 Å². The van der Waals surface area contributed by atoms with Crippen LogP contribution in [0.1, 0.15) is 56.8 Å². The van der Waals surface area contributed by atoms with Crippen molar-refractivity contribution in [3.8, 4) is 0 Å². The van der Waals surface area contributed by atoms with E-state index in [4.69, 9.17) is 9.31 Å². The van der Waals surface area contributed by atoms with E-state index in [1.165, 1.54) is 30.0 Å². The average molecular weight is 366 g/mol. The third-order valence-electron chi connectivity index (χ3n) is 4.35. The summed E-state index contributed by atoms with van der Waals surface area (Å²) >= 11 is 2.63. The number of ketones is 1. The first-order valence-electron chi connectivity index (χ1n) is 7.81. The van der Waals surface area contributed by atoms with Crippen LogP contribution in [0.5, 0.6) is 0 Å². The van der Waals surface area contributed by atoms with Gasteiger partial charge in [0.15, 0.2) is 10.9 Å².